The van der Waals surface area contributed by atoms with Gasteiger partial charge in [-0.1, -0.05) is 19.1 Å². The molecule has 4 heteroatoms. The Morgan fingerprint density at radius 3 is 2.70 bits per heavy atom. The first kappa shape index (κ1) is 14.5. The molecule has 0 fully saturated rings. The number of pyridine rings is 1. The molecule has 0 aliphatic rings. The number of hydrogen-bond donors (Lipinski definition) is 1. The quantitative estimate of drug-likeness (QED) is 0.906. The predicted molar refractivity (Wildman–Crippen MR) is 77.4 cm³/mol. The fraction of sp³-hybridized carbons (Fsp3) is 0.312. The van der Waals surface area contributed by atoms with Gasteiger partial charge in [0.05, 0.1) is 0 Å². The fourth-order valence-corrected chi connectivity index (χ4v) is 1.80. The van der Waals surface area contributed by atoms with Crippen LogP contribution in [0, 0.1) is 12.7 Å². The Morgan fingerprint density at radius 2 is 2.10 bits per heavy atom. The van der Waals surface area contributed by atoms with Crippen LogP contribution in [0.1, 0.15) is 24.5 Å². The van der Waals surface area contributed by atoms with Crippen LogP contribution in [0.25, 0.3) is 0 Å². The summed E-state index contributed by atoms with van der Waals surface area (Å²) in [7, 11) is 0. The van der Waals surface area contributed by atoms with Crippen LogP contribution in [-0.2, 0) is 6.42 Å². The van der Waals surface area contributed by atoms with Crippen molar-refractivity contribution in [3.63, 3.8) is 0 Å². The molecule has 1 unspecified atom stereocenters. The van der Waals surface area contributed by atoms with Gasteiger partial charge in [0.15, 0.2) is 0 Å². The van der Waals surface area contributed by atoms with E-state index in [0.717, 1.165) is 18.4 Å². The summed E-state index contributed by atoms with van der Waals surface area (Å²) in [5, 5.41) is 0. The van der Waals surface area contributed by atoms with E-state index in [-0.39, 0.29) is 11.9 Å². The second-order valence-corrected chi connectivity index (χ2v) is 4.89. The summed E-state index contributed by atoms with van der Waals surface area (Å²) < 4.78 is 18.9. The number of aryl methyl sites for hydroxylation is 1. The maximum atomic E-state index is 13.4. The van der Waals surface area contributed by atoms with Gasteiger partial charge < -0.3 is 10.5 Å². The molecule has 0 saturated carbocycles. The number of rotatable bonds is 5. The summed E-state index contributed by atoms with van der Waals surface area (Å²) in [6.45, 7) is 3.77. The van der Waals surface area contributed by atoms with Gasteiger partial charge in [0.1, 0.15) is 11.6 Å². The minimum absolute atomic E-state index is 0.148. The summed E-state index contributed by atoms with van der Waals surface area (Å²) in [6.07, 6.45) is 3.47. The summed E-state index contributed by atoms with van der Waals surface area (Å²) in [6, 6.07) is 8.62. The lowest BCUT2D eigenvalue weighted by Gasteiger charge is -2.09. The molecule has 0 radical (unpaired) electrons. The third-order valence-corrected chi connectivity index (χ3v) is 3.19. The zero-order valence-electron chi connectivity index (χ0n) is 11.8. The Hall–Kier alpha value is -1.94. The molecule has 20 heavy (non-hydrogen) atoms. The highest BCUT2D eigenvalue weighted by Gasteiger charge is 2.05. The first-order valence-corrected chi connectivity index (χ1v) is 6.73. The number of halogens is 1. The molecule has 2 rings (SSSR count). The average Bonchev–Trinajstić information content (AvgIpc) is 2.45. The number of ether oxygens (including phenoxy) is 1. The van der Waals surface area contributed by atoms with Crippen molar-refractivity contribution in [1.82, 2.24) is 4.98 Å². The van der Waals surface area contributed by atoms with Crippen molar-refractivity contribution in [3.8, 4) is 11.6 Å². The van der Waals surface area contributed by atoms with Gasteiger partial charge in [-0.05, 0) is 37.0 Å². The van der Waals surface area contributed by atoms with Gasteiger partial charge >= 0.3 is 0 Å². The SMILES string of the molecule is CCC(N)Cc1ccc(Oc2ccc(C)c(F)c2)nc1. The van der Waals surface area contributed by atoms with Crippen LogP contribution < -0.4 is 10.5 Å². The molecule has 0 bridgehead atoms. The highest BCUT2D eigenvalue weighted by molar-refractivity contribution is 5.31. The van der Waals surface area contributed by atoms with E-state index in [1.165, 1.54) is 6.07 Å². The van der Waals surface area contributed by atoms with E-state index in [1.54, 1.807) is 31.3 Å². The number of hydrogen-bond acceptors (Lipinski definition) is 3. The van der Waals surface area contributed by atoms with Crippen molar-refractivity contribution in [2.75, 3.05) is 0 Å². The van der Waals surface area contributed by atoms with Gasteiger partial charge in [-0.25, -0.2) is 9.37 Å². The minimum Gasteiger partial charge on any atom is -0.439 e. The average molecular weight is 274 g/mol. The van der Waals surface area contributed by atoms with E-state index in [0.29, 0.717) is 17.2 Å². The molecule has 0 aliphatic heterocycles. The fourth-order valence-electron chi connectivity index (χ4n) is 1.80. The van der Waals surface area contributed by atoms with Gasteiger partial charge in [-0.3, -0.25) is 0 Å². The highest BCUT2D eigenvalue weighted by Crippen LogP contribution is 2.22. The Labute approximate surface area is 118 Å². The largest absolute Gasteiger partial charge is 0.439 e. The normalized spacial score (nSPS) is 12.2. The van der Waals surface area contributed by atoms with Gasteiger partial charge in [0.2, 0.25) is 5.88 Å². The van der Waals surface area contributed by atoms with E-state index in [2.05, 4.69) is 11.9 Å². The Kier molecular flexibility index (Phi) is 4.69. The molecular weight excluding hydrogens is 255 g/mol. The van der Waals surface area contributed by atoms with Crippen LogP contribution in [0.15, 0.2) is 36.5 Å². The van der Waals surface area contributed by atoms with Crippen LogP contribution in [0.5, 0.6) is 11.6 Å². The zero-order valence-corrected chi connectivity index (χ0v) is 11.8. The summed E-state index contributed by atoms with van der Waals surface area (Å²) in [4.78, 5) is 4.21. The highest BCUT2D eigenvalue weighted by atomic mass is 19.1. The Balaban J connectivity index is 2.04. The molecule has 2 N–H and O–H groups in total. The third-order valence-electron chi connectivity index (χ3n) is 3.19. The van der Waals surface area contributed by atoms with Gasteiger partial charge in [0, 0.05) is 24.4 Å². The first-order valence-electron chi connectivity index (χ1n) is 6.73. The van der Waals surface area contributed by atoms with Crippen LogP contribution >= 0.6 is 0 Å². The Bertz CT molecular complexity index is 569. The Morgan fingerprint density at radius 1 is 1.30 bits per heavy atom. The number of nitrogens with zero attached hydrogens (tertiary/aromatic N) is 1. The van der Waals surface area contributed by atoms with Crippen LogP contribution in [0.4, 0.5) is 4.39 Å². The van der Waals surface area contributed by atoms with Crippen molar-refractivity contribution >= 4 is 0 Å². The first-order chi connectivity index (χ1) is 9.58. The number of nitrogens with two attached hydrogens (primary N) is 1. The maximum Gasteiger partial charge on any atom is 0.219 e. The summed E-state index contributed by atoms with van der Waals surface area (Å²) in [5.41, 5.74) is 7.56. The smallest absolute Gasteiger partial charge is 0.219 e. The summed E-state index contributed by atoms with van der Waals surface area (Å²) in [5.74, 6) is 0.605. The molecule has 2 aromatic rings. The molecule has 0 saturated heterocycles. The molecule has 3 nitrogen and oxygen atoms in total. The van der Waals surface area contributed by atoms with Gasteiger partial charge in [0.25, 0.3) is 0 Å². The maximum absolute atomic E-state index is 13.4. The molecule has 0 aliphatic carbocycles. The van der Waals surface area contributed by atoms with Crippen molar-refractivity contribution in [3.05, 3.63) is 53.5 Å². The second kappa shape index (κ2) is 6.48. The molecule has 106 valence electrons. The topological polar surface area (TPSA) is 48.1 Å². The molecule has 1 aromatic heterocycles. The molecule has 0 amide bonds. The van der Waals surface area contributed by atoms with E-state index in [1.807, 2.05) is 6.07 Å². The zero-order chi connectivity index (χ0) is 14.5. The van der Waals surface area contributed by atoms with Crippen LogP contribution in [0.3, 0.4) is 0 Å². The lowest BCUT2D eigenvalue weighted by Crippen LogP contribution is -2.21. The van der Waals surface area contributed by atoms with Crippen LogP contribution in [-0.4, -0.2) is 11.0 Å². The van der Waals surface area contributed by atoms with Gasteiger partial charge in [-0.15, -0.1) is 0 Å². The lowest BCUT2D eigenvalue weighted by atomic mass is 10.1. The van der Waals surface area contributed by atoms with E-state index in [9.17, 15) is 4.39 Å². The molecule has 1 atom stereocenters. The van der Waals surface area contributed by atoms with Crippen molar-refractivity contribution in [2.24, 2.45) is 5.73 Å². The monoisotopic (exact) mass is 274 g/mol. The number of aromatic nitrogens is 1. The minimum atomic E-state index is -0.284. The van der Waals surface area contributed by atoms with E-state index in [4.69, 9.17) is 10.5 Å². The lowest BCUT2D eigenvalue weighted by molar-refractivity contribution is 0.457. The predicted octanol–water partition coefficient (Wildman–Crippen LogP) is 3.60. The van der Waals surface area contributed by atoms with Crippen molar-refractivity contribution in [2.45, 2.75) is 32.7 Å². The molecule has 0 spiro atoms. The van der Waals surface area contributed by atoms with Crippen molar-refractivity contribution < 1.29 is 9.13 Å². The second-order valence-electron chi connectivity index (χ2n) is 4.89. The van der Waals surface area contributed by atoms with E-state index < -0.39 is 0 Å². The molecule has 1 heterocycles. The van der Waals surface area contributed by atoms with Crippen molar-refractivity contribution in [1.29, 1.82) is 0 Å². The summed E-state index contributed by atoms with van der Waals surface area (Å²) >= 11 is 0. The number of benzene rings is 1. The molecule has 1 aromatic carbocycles. The van der Waals surface area contributed by atoms with E-state index >= 15 is 0 Å². The van der Waals surface area contributed by atoms with Gasteiger partial charge in [-0.2, -0.15) is 0 Å². The standard InChI is InChI=1S/C16H19FN2O/c1-3-13(18)8-12-5-7-16(19-10-12)20-14-6-4-11(2)15(17)9-14/h4-7,9-10,13H,3,8,18H2,1-2H3. The third kappa shape index (κ3) is 3.78. The van der Waals surface area contributed by atoms with Crippen LogP contribution in [0.2, 0.25) is 0 Å². The molecular formula is C16H19FN2O.